The van der Waals surface area contributed by atoms with Crippen molar-refractivity contribution >= 4 is 5.97 Å². The number of rotatable bonds is 3. The minimum atomic E-state index is -0.718. The zero-order valence-electron chi connectivity index (χ0n) is 8.06. The van der Waals surface area contributed by atoms with Gasteiger partial charge in [-0.25, -0.2) is 0 Å². The fourth-order valence-electron chi connectivity index (χ4n) is 0.731. The Morgan fingerprint density at radius 1 is 1.27 bits per heavy atom. The second-order valence-corrected chi connectivity index (χ2v) is 4.17. The minimum Gasteiger partial charge on any atom is -0.481 e. The monoisotopic (exact) mass is 158 g/mol. The van der Waals surface area contributed by atoms with Crippen molar-refractivity contribution in [2.45, 2.75) is 41.0 Å². The van der Waals surface area contributed by atoms with Crippen LogP contribution in [0.5, 0.6) is 0 Å². The van der Waals surface area contributed by atoms with Gasteiger partial charge >= 0.3 is 5.97 Å². The van der Waals surface area contributed by atoms with Crippen molar-refractivity contribution in [2.75, 3.05) is 0 Å². The van der Waals surface area contributed by atoms with Crippen molar-refractivity contribution < 1.29 is 9.90 Å². The molecule has 0 aromatic carbocycles. The van der Waals surface area contributed by atoms with Crippen LogP contribution < -0.4 is 0 Å². The second kappa shape index (κ2) is 2.84. The first-order valence-corrected chi connectivity index (χ1v) is 3.99. The summed E-state index contributed by atoms with van der Waals surface area (Å²) in [6, 6.07) is 0. The molecule has 0 aliphatic rings. The van der Waals surface area contributed by atoms with Crippen molar-refractivity contribution in [3.63, 3.8) is 0 Å². The molecular formula is C9H18O2. The van der Waals surface area contributed by atoms with E-state index in [0.29, 0.717) is 0 Å². The summed E-state index contributed by atoms with van der Waals surface area (Å²) in [5.74, 6) is -0.718. The molecular weight excluding hydrogens is 140 g/mol. The van der Waals surface area contributed by atoms with Gasteiger partial charge in [0.1, 0.15) is 0 Å². The van der Waals surface area contributed by atoms with Crippen LogP contribution in [0.3, 0.4) is 0 Å². The highest BCUT2D eigenvalue weighted by atomic mass is 16.4. The van der Waals surface area contributed by atoms with Crippen molar-refractivity contribution in [1.29, 1.82) is 0 Å². The summed E-state index contributed by atoms with van der Waals surface area (Å²) in [5, 5.41) is 8.91. The number of carboxylic acid groups (broad SMARTS) is 1. The molecule has 0 unspecified atom stereocenters. The third kappa shape index (κ3) is 1.73. The predicted octanol–water partition coefficient (Wildman–Crippen LogP) is 2.53. The lowest BCUT2D eigenvalue weighted by atomic mass is 9.66. The molecule has 2 heteroatoms. The van der Waals surface area contributed by atoms with Gasteiger partial charge in [0.25, 0.3) is 0 Å². The predicted molar refractivity (Wildman–Crippen MR) is 45.5 cm³/mol. The Labute approximate surface area is 68.6 Å². The molecule has 0 heterocycles. The molecule has 0 rings (SSSR count). The lowest BCUT2D eigenvalue weighted by molar-refractivity contribution is -0.154. The van der Waals surface area contributed by atoms with E-state index in [9.17, 15) is 4.79 Å². The minimum absolute atomic E-state index is 0.140. The Morgan fingerprint density at radius 3 is 1.73 bits per heavy atom. The first kappa shape index (κ1) is 10.5. The standard InChI is InChI=1S/C9H18O2/c1-6-8(2,3)9(4,5)7(10)11/h6H2,1-5H3,(H,10,11). The molecule has 0 saturated heterocycles. The van der Waals surface area contributed by atoms with E-state index in [1.807, 2.05) is 20.8 Å². The molecule has 11 heavy (non-hydrogen) atoms. The maximum Gasteiger partial charge on any atom is 0.309 e. The van der Waals surface area contributed by atoms with Crippen LogP contribution in [0.15, 0.2) is 0 Å². The number of aliphatic carboxylic acids is 1. The summed E-state index contributed by atoms with van der Waals surface area (Å²) in [6.07, 6.45) is 0.881. The molecule has 0 spiro atoms. The molecule has 0 atom stereocenters. The average molecular weight is 158 g/mol. The van der Waals surface area contributed by atoms with E-state index in [0.717, 1.165) is 6.42 Å². The van der Waals surface area contributed by atoms with E-state index >= 15 is 0 Å². The summed E-state index contributed by atoms with van der Waals surface area (Å²) < 4.78 is 0. The third-order valence-electron chi connectivity index (χ3n) is 3.11. The van der Waals surface area contributed by atoms with Crippen LogP contribution in [0, 0.1) is 10.8 Å². The SMILES string of the molecule is CCC(C)(C)C(C)(C)C(=O)O. The van der Waals surface area contributed by atoms with Gasteiger partial charge in [-0.15, -0.1) is 0 Å². The summed E-state index contributed by atoms with van der Waals surface area (Å²) in [7, 11) is 0. The van der Waals surface area contributed by atoms with Crippen molar-refractivity contribution in [1.82, 2.24) is 0 Å². The van der Waals surface area contributed by atoms with Gasteiger partial charge in [0.15, 0.2) is 0 Å². The third-order valence-corrected chi connectivity index (χ3v) is 3.11. The molecule has 66 valence electrons. The quantitative estimate of drug-likeness (QED) is 0.685. The maximum absolute atomic E-state index is 10.8. The van der Waals surface area contributed by atoms with E-state index in [4.69, 9.17) is 5.11 Å². The van der Waals surface area contributed by atoms with E-state index < -0.39 is 11.4 Å². The lowest BCUT2D eigenvalue weighted by Gasteiger charge is -2.37. The molecule has 0 aromatic heterocycles. The highest BCUT2D eigenvalue weighted by Gasteiger charge is 2.41. The zero-order valence-corrected chi connectivity index (χ0v) is 8.06. The molecule has 0 saturated carbocycles. The van der Waals surface area contributed by atoms with Crippen molar-refractivity contribution in [3.05, 3.63) is 0 Å². The highest BCUT2D eigenvalue weighted by Crippen LogP contribution is 2.41. The fraction of sp³-hybridized carbons (Fsp3) is 0.889. The number of hydrogen-bond acceptors (Lipinski definition) is 1. The lowest BCUT2D eigenvalue weighted by Crippen LogP contribution is -2.39. The van der Waals surface area contributed by atoms with E-state index in [-0.39, 0.29) is 5.41 Å². The molecule has 0 aliphatic carbocycles. The van der Waals surface area contributed by atoms with Gasteiger partial charge in [0.2, 0.25) is 0 Å². The van der Waals surface area contributed by atoms with Crippen molar-refractivity contribution in [2.24, 2.45) is 10.8 Å². The molecule has 0 fully saturated rings. The first-order valence-electron chi connectivity index (χ1n) is 3.99. The van der Waals surface area contributed by atoms with E-state index in [1.165, 1.54) is 0 Å². The molecule has 0 radical (unpaired) electrons. The Morgan fingerprint density at radius 2 is 1.64 bits per heavy atom. The van der Waals surface area contributed by atoms with Gasteiger partial charge in [-0.2, -0.15) is 0 Å². The topological polar surface area (TPSA) is 37.3 Å². The number of carboxylic acids is 1. The molecule has 2 nitrogen and oxygen atoms in total. The largest absolute Gasteiger partial charge is 0.481 e. The van der Waals surface area contributed by atoms with Crippen LogP contribution in [0.1, 0.15) is 41.0 Å². The van der Waals surface area contributed by atoms with Gasteiger partial charge in [0, 0.05) is 0 Å². The molecule has 0 amide bonds. The maximum atomic E-state index is 10.8. The molecule has 1 N–H and O–H groups in total. The summed E-state index contributed by atoms with van der Waals surface area (Å²) in [5.41, 5.74) is -0.777. The molecule has 0 aromatic rings. The Balaban J connectivity index is 4.67. The van der Waals surface area contributed by atoms with Crippen LogP contribution >= 0.6 is 0 Å². The van der Waals surface area contributed by atoms with Crippen LogP contribution in [-0.2, 0) is 4.79 Å². The van der Waals surface area contributed by atoms with Gasteiger partial charge in [-0.3, -0.25) is 4.79 Å². The van der Waals surface area contributed by atoms with Crippen LogP contribution in [0.2, 0.25) is 0 Å². The summed E-state index contributed by atoms with van der Waals surface area (Å²) in [6.45, 7) is 9.55. The molecule has 0 aliphatic heterocycles. The van der Waals surface area contributed by atoms with Gasteiger partial charge in [0.05, 0.1) is 5.41 Å². The van der Waals surface area contributed by atoms with Gasteiger partial charge < -0.3 is 5.11 Å². The fourth-order valence-corrected chi connectivity index (χ4v) is 0.731. The number of carbonyl (C=O) groups is 1. The zero-order chi connectivity index (χ0) is 9.28. The van der Waals surface area contributed by atoms with Crippen LogP contribution in [-0.4, -0.2) is 11.1 Å². The van der Waals surface area contributed by atoms with Crippen molar-refractivity contribution in [3.8, 4) is 0 Å². The molecule has 0 bridgehead atoms. The first-order chi connectivity index (χ1) is 4.75. The number of hydrogen-bond donors (Lipinski definition) is 1. The Kier molecular flexibility index (Phi) is 2.70. The van der Waals surface area contributed by atoms with Gasteiger partial charge in [-0.1, -0.05) is 20.8 Å². The van der Waals surface area contributed by atoms with E-state index in [2.05, 4.69) is 0 Å². The second-order valence-electron chi connectivity index (χ2n) is 4.17. The summed E-state index contributed by atoms with van der Waals surface area (Å²) >= 11 is 0. The van der Waals surface area contributed by atoms with E-state index in [1.54, 1.807) is 13.8 Å². The normalized spacial score (nSPS) is 13.2. The van der Waals surface area contributed by atoms with Gasteiger partial charge in [-0.05, 0) is 25.7 Å². The van der Waals surface area contributed by atoms with Crippen LogP contribution in [0.4, 0.5) is 0 Å². The van der Waals surface area contributed by atoms with Crippen LogP contribution in [0.25, 0.3) is 0 Å². The smallest absolute Gasteiger partial charge is 0.309 e. The Bertz CT molecular complexity index is 157. The average Bonchev–Trinajstić information content (AvgIpc) is 1.87. The Hall–Kier alpha value is -0.530. The highest BCUT2D eigenvalue weighted by molar-refractivity contribution is 5.74. The summed E-state index contributed by atoms with van der Waals surface area (Å²) in [4.78, 5) is 10.8.